The van der Waals surface area contributed by atoms with E-state index in [1.165, 1.54) is 34.6 Å². The molecule has 2 heterocycles. The zero-order valence-electron chi connectivity index (χ0n) is 8.86. The SMILES string of the molecule is O=C(c1cccs1)c1csc2c1CCCC2. The topological polar surface area (TPSA) is 17.1 Å². The normalized spacial score (nSPS) is 14.8. The molecular formula is C13H12OS2. The Kier molecular flexibility index (Phi) is 2.65. The molecule has 1 aliphatic carbocycles. The average Bonchev–Trinajstić information content (AvgIpc) is 2.98. The standard InChI is InChI=1S/C13H12OS2/c14-13(12-6-3-7-15-12)10-8-16-11-5-2-1-4-9(10)11/h3,6-8H,1-2,4-5H2. The van der Waals surface area contributed by atoms with Gasteiger partial charge in [0.2, 0.25) is 5.78 Å². The lowest BCUT2D eigenvalue weighted by molar-refractivity contribution is 0.104. The number of aryl methyl sites for hydroxylation is 1. The predicted molar refractivity (Wildman–Crippen MR) is 68.7 cm³/mol. The zero-order chi connectivity index (χ0) is 11.0. The minimum atomic E-state index is 0.217. The lowest BCUT2D eigenvalue weighted by atomic mass is 9.94. The lowest BCUT2D eigenvalue weighted by Crippen LogP contribution is -2.06. The number of rotatable bonds is 2. The summed E-state index contributed by atoms with van der Waals surface area (Å²) >= 11 is 3.30. The first-order valence-electron chi connectivity index (χ1n) is 5.53. The Morgan fingerprint density at radius 2 is 2.06 bits per heavy atom. The van der Waals surface area contributed by atoms with Gasteiger partial charge < -0.3 is 0 Å². The van der Waals surface area contributed by atoms with Crippen molar-refractivity contribution in [1.82, 2.24) is 0 Å². The molecule has 3 rings (SSSR count). The molecule has 0 atom stereocenters. The van der Waals surface area contributed by atoms with Crippen LogP contribution < -0.4 is 0 Å². The lowest BCUT2D eigenvalue weighted by Gasteiger charge is -2.11. The summed E-state index contributed by atoms with van der Waals surface area (Å²) in [4.78, 5) is 14.6. The van der Waals surface area contributed by atoms with E-state index < -0.39 is 0 Å². The molecule has 16 heavy (non-hydrogen) atoms. The van der Waals surface area contributed by atoms with E-state index in [9.17, 15) is 4.79 Å². The van der Waals surface area contributed by atoms with Crippen LogP contribution in [0.2, 0.25) is 0 Å². The Morgan fingerprint density at radius 3 is 2.88 bits per heavy atom. The van der Waals surface area contributed by atoms with Gasteiger partial charge in [0.25, 0.3) is 0 Å². The number of thiophene rings is 2. The van der Waals surface area contributed by atoms with Crippen molar-refractivity contribution in [2.45, 2.75) is 25.7 Å². The Labute approximate surface area is 103 Å². The van der Waals surface area contributed by atoms with E-state index in [0.717, 1.165) is 23.3 Å². The summed E-state index contributed by atoms with van der Waals surface area (Å²) in [5.41, 5.74) is 2.29. The molecule has 0 aliphatic heterocycles. The van der Waals surface area contributed by atoms with Crippen LogP contribution >= 0.6 is 22.7 Å². The highest BCUT2D eigenvalue weighted by atomic mass is 32.1. The fourth-order valence-electron chi connectivity index (χ4n) is 2.22. The molecule has 0 amide bonds. The molecule has 0 saturated carbocycles. The summed E-state index contributed by atoms with van der Waals surface area (Å²) < 4.78 is 0. The van der Waals surface area contributed by atoms with Gasteiger partial charge in [-0.05, 0) is 42.7 Å². The second kappa shape index (κ2) is 4.15. The Hall–Kier alpha value is -0.930. The van der Waals surface area contributed by atoms with Crippen LogP contribution in [-0.2, 0) is 12.8 Å². The molecule has 0 bridgehead atoms. The summed E-state index contributed by atoms with van der Waals surface area (Å²) in [6, 6.07) is 3.86. The fraction of sp³-hybridized carbons (Fsp3) is 0.308. The summed E-state index contributed by atoms with van der Waals surface area (Å²) in [5.74, 6) is 0.217. The highest BCUT2D eigenvalue weighted by molar-refractivity contribution is 7.13. The quantitative estimate of drug-likeness (QED) is 0.736. The van der Waals surface area contributed by atoms with Crippen LogP contribution in [0, 0.1) is 0 Å². The molecular weight excluding hydrogens is 236 g/mol. The fourth-order valence-corrected chi connectivity index (χ4v) is 4.03. The third-order valence-electron chi connectivity index (χ3n) is 3.05. The van der Waals surface area contributed by atoms with E-state index in [0.29, 0.717) is 0 Å². The highest BCUT2D eigenvalue weighted by Crippen LogP contribution is 2.32. The third kappa shape index (κ3) is 1.64. The molecule has 0 N–H and O–H groups in total. The Balaban J connectivity index is 2.01. The smallest absolute Gasteiger partial charge is 0.204 e. The largest absolute Gasteiger partial charge is 0.288 e. The number of carbonyl (C=O) groups is 1. The first kappa shape index (κ1) is 10.2. The van der Waals surface area contributed by atoms with Gasteiger partial charge in [-0.1, -0.05) is 6.07 Å². The van der Waals surface area contributed by atoms with Crippen molar-refractivity contribution in [2.24, 2.45) is 0 Å². The summed E-state index contributed by atoms with van der Waals surface area (Å²) in [6.07, 6.45) is 4.76. The van der Waals surface area contributed by atoms with E-state index in [4.69, 9.17) is 0 Å². The molecule has 0 spiro atoms. The van der Waals surface area contributed by atoms with Crippen LogP contribution in [0.1, 0.15) is 38.5 Å². The van der Waals surface area contributed by atoms with Gasteiger partial charge in [0.05, 0.1) is 4.88 Å². The van der Waals surface area contributed by atoms with Gasteiger partial charge in [0, 0.05) is 15.8 Å². The predicted octanol–water partition coefficient (Wildman–Crippen LogP) is 3.92. The molecule has 0 saturated heterocycles. The minimum absolute atomic E-state index is 0.217. The van der Waals surface area contributed by atoms with Gasteiger partial charge >= 0.3 is 0 Å². The number of hydrogen-bond acceptors (Lipinski definition) is 3. The molecule has 82 valence electrons. The van der Waals surface area contributed by atoms with Gasteiger partial charge in [-0.15, -0.1) is 22.7 Å². The molecule has 0 fully saturated rings. The van der Waals surface area contributed by atoms with Crippen LogP contribution in [0.3, 0.4) is 0 Å². The molecule has 0 aromatic carbocycles. The van der Waals surface area contributed by atoms with Gasteiger partial charge in [-0.2, -0.15) is 0 Å². The second-order valence-corrected chi connectivity index (χ2v) is 5.98. The van der Waals surface area contributed by atoms with Gasteiger partial charge in [-0.3, -0.25) is 4.79 Å². The third-order valence-corrected chi connectivity index (χ3v) is 5.01. The minimum Gasteiger partial charge on any atom is -0.288 e. The van der Waals surface area contributed by atoms with Crippen molar-refractivity contribution in [1.29, 1.82) is 0 Å². The van der Waals surface area contributed by atoms with Crippen molar-refractivity contribution < 1.29 is 4.79 Å². The molecule has 0 radical (unpaired) electrons. The summed E-state index contributed by atoms with van der Waals surface area (Å²) in [5, 5.41) is 4.02. The second-order valence-electron chi connectivity index (χ2n) is 4.06. The molecule has 1 aliphatic rings. The van der Waals surface area contributed by atoms with Crippen LogP contribution in [0.4, 0.5) is 0 Å². The maximum absolute atomic E-state index is 12.3. The van der Waals surface area contributed by atoms with Gasteiger partial charge in [0.1, 0.15) is 0 Å². The van der Waals surface area contributed by atoms with Crippen molar-refractivity contribution in [3.63, 3.8) is 0 Å². The van der Waals surface area contributed by atoms with Crippen LogP contribution in [-0.4, -0.2) is 5.78 Å². The van der Waals surface area contributed by atoms with E-state index in [1.807, 2.05) is 17.5 Å². The van der Waals surface area contributed by atoms with Crippen LogP contribution in [0.25, 0.3) is 0 Å². The number of ketones is 1. The number of fused-ring (bicyclic) bond motifs is 1. The molecule has 1 nitrogen and oxygen atoms in total. The zero-order valence-corrected chi connectivity index (χ0v) is 10.5. The highest BCUT2D eigenvalue weighted by Gasteiger charge is 2.21. The maximum atomic E-state index is 12.3. The van der Waals surface area contributed by atoms with Crippen molar-refractivity contribution in [3.8, 4) is 0 Å². The van der Waals surface area contributed by atoms with Gasteiger partial charge in [-0.25, -0.2) is 0 Å². The molecule has 2 aromatic heterocycles. The van der Waals surface area contributed by atoms with Crippen molar-refractivity contribution >= 4 is 28.5 Å². The average molecular weight is 248 g/mol. The van der Waals surface area contributed by atoms with E-state index >= 15 is 0 Å². The summed E-state index contributed by atoms with van der Waals surface area (Å²) in [7, 11) is 0. The first-order valence-corrected chi connectivity index (χ1v) is 7.29. The van der Waals surface area contributed by atoms with Crippen molar-refractivity contribution in [3.05, 3.63) is 43.8 Å². The monoisotopic (exact) mass is 248 g/mol. The number of carbonyl (C=O) groups excluding carboxylic acids is 1. The Bertz CT molecular complexity index is 508. The van der Waals surface area contributed by atoms with Gasteiger partial charge in [0.15, 0.2) is 0 Å². The van der Waals surface area contributed by atoms with Crippen LogP contribution in [0.5, 0.6) is 0 Å². The molecule has 0 unspecified atom stereocenters. The van der Waals surface area contributed by atoms with E-state index in [-0.39, 0.29) is 5.78 Å². The Morgan fingerprint density at radius 1 is 1.19 bits per heavy atom. The first-order chi connectivity index (χ1) is 7.86. The van der Waals surface area contributed by atoms with E-state index in [2.05, 4.69) is 5.38 Å². The maximum Gasteiger partial charge on any atom is 0.204 e. The number of hydrogen-bond donors (Lipinski definition) is 0. The van der Waals surface area contributed by atoms with Crippen LogP contribution in [0.15, 0.2) is 22.9 Å². The molecule has 2 aromatic rings. The van der Waals surface area contributed by atoms with Crippen molar-refractivity contribution in [2.75, 3.05) is 0 Å². The molecule has 3 heteroatoms. The van der Waals surface area contributed by atoms with E-state index in [1.54, 1.807) is 11.3 Å². The summed E-state index contributed by atoms with van der Waals surface area (Å²) in [6.45, 7) is 0.